The van der Waals surface area contributed by atoms with E-state index in [4.69, 9.17) is 5.11 Å². The van der Waals surface area contributed by atoms with Crippen molar-refractivity contribution in [3.8, 4) is 0 Å². The fraction of sp³-hybridized carbons (Fsp3) is 0.955. The van der Waals surface area contributed by atoms with E-state index in [2.05, 4.69) is 13.8 Å². The number of hydrogen-bond donors (Lipinski definition) is 2. The van der Waals surface area contributed by atoms with Crippen molar-refractivity contribution >= 4 is 11.9 Å². The van der Waals surface area contributed by atoms with Crippen molar-refractivity contribution in [1.29, 1.82) is 0 Å². The molecule has 0 saturated heterocycles. The zero-order chi connectivity index (χ0) is 35.2. The first-order chi connectivity index (χ1) is 23.5. The van der Waals surface area contributed by atoms with Gasteiger partial charge in [0.15, 0.2) is 0 Å². The minimum absolute atomic E-state index is 0.193. The van der Waals surface area contributed by atoms with Gasteiger partial charge in [0.2, 0.25) is 0 Å². The van der Waals surface area contributed by atoms with Gasteiger partial charge < -0.3 is 10.2 Å². The predicted molar refractivity (Wildman–Crippen MR) is 209 cm³/mol. The molecule has 0 fully saturated rings. The third-order valence-electron chi connectivity index (χ3n) is 11.0. The van der Waals surface area contributed by atoms with Crippen LogP contribution in [0.25, 0.3) is 0 Å². The summed E-state index contributed by atoms with van der Waals surface area (Å²) in [4.78, 5) is 23.6. The highest BCUT2D eigenvalue weighted by Gasteiger charge is 2.36. The van der Waals surface area contributed by atoms with E-state index in [9.17, 15) is 14.7 Å². The van der Waals surface area contributed by atoms with Crippen LogP contribution in [-0.2, 0) is 9.59 Å². The Bertz CT molecular complexity index is 639. The molecule has 4 nitrogen and oxygen atoms in total. The molecule has 0 unspecified atom stereocenters. The molecule has 0 heterocycles. The summed E-state index contributed by atoms with van der Waals surface area (Å²) in [6.07, 6.45) is 47.5. The standard InChI is InChI=1S/C44H86O4/c1-3-5-7-9-11-13-15-17-19-21-23-25-27-29-31-35-39-44(43(47)48,41-37-33-34-38-42(45)46)40-36-32-30-28-26-24-22-20-18-16-14-12-10-8-6-4-2/h3-41H2,1-2H3,(H,45,46)(H,47,48). The normalized spacial score (nSPS) is 11.8. The van der Waals surface area contributed by atoms with Gasteiger partial charge in [-0.3, -0.25) is 9.59 Å². The number of carbonyl (C=O) groups is 2. The van der Waals surface area contributed by atoms with E-state index in [0.29, 0.717) is 12.8 Å². The minimum atomic E-state index is -0.749. The van der Waals surface area contributed by atoms with Gasteiger partial charge >= 0.3 is 11.9 Å². The summed E-state index contributed by atoms with van der Waals surface area (Å²) >= 11 is 0. The summed E-state index contributed by atoms with van der Waals surface area (Å²) in [5, 5.41) is 19.4. The van der Waals surface area contributed by atoms with Crippen molar-refractivity contribution in [2.45, 2.75) is 264 Å². The molecule has 0 aromatic carbocycles. The highest BCUT2D eigenvalue weighted by Crippen LogP contribution is 2.38. The lowest BCUT2D eigenvalue weighted by Gasteiger charge is -2.30. The second kappa shape index (κ2) is 37.2. The van der Waals surface area contributed by atoms with Crippen LogP contribution in [0.1, 0.15) is 264 Å². The van der Waals surface area contributed by atoms with E-state index in [1.807, 2.05) is 0 Å². The Morgan fingerprint density at radius 1 is 0.333 bits per heavy atom. The smallest absolute Gasteiger partial charge is 0.309 e. The van der Waals surface area contributed by atoms with Crippen molar-refractivity contribution in [3.05, 3.63) is 0 Å². The van der Waals surface area contributed by atoms with Crippen LogP contribution in [-0.4, -0.2) is 22.2 Å². The van der Waals surface area contributed by atoms with E-state index in [-0.39, 0.29) is 6.42 Å². The molecule has 0 aromatic rings. The Hall–Kier alpha value is -1.06. The van der Waals surface area contributed by atoms with Crippen LogP contribution < -0.4 is 0 Å². The average molecular weight is 679 g/mol. The first-order valence-electron chi connectivity index (χ1n) is 21.9. The van der Waals surface area contributed by atoms with Crippen LogP contribution in [0.2, 0.25) is 0 Å². The molecule has 0 atom stereocenters. The van der Waals surface area contributed by atoms with Crippen molar-refractivity contribution in [3.63, 3.8) is 0 Å². The third kappa shape index (κ3) is 32.2. The largest absolute Gasteiger partial charge is 0.481 e. The van der Waals surface area contributed by atoms with Crippen molar-refractivity contribution in [2.75, 3.05) is 0 Å². The molecule has 48 heavy (non-hydrogen) atoms. The van der Waals surface area contributed by atoms with Gasteiger partial charge in [0.1, 0.15) is 0 Å². The fourth-order valence-electron chi connectivity index (χ4n) is 7.64. The topological polar surface area (TPSA) is 74.6 Å². The summed E-state index contributed by atoms with van der Waals surface area (Å²) in [6, 6.07) is 0. The van der Waals surface area contributed by atoms with Crippen LogP contribution >= 0.6 is 0 Å². The van der Waals surface area contributed by atoms with E-state index in [0.717, 1.165) is 51.4 Å². The lowest BCUT2D eigenvalue weighted by Crippen LogP contribution is -2.31. The van der Waals surface area contributed by atoms with Gasteiger partial charge in [-0.05, 0) is 25.7 Å². The number of rotatable bonds is 41. The minimum Gasteiger partial charge on any atom is -0.481 e. The monoisotopic (exact) mass is 679 g/mol. The molecule has 0 amide bonds. The summed E-state index contributed by atoms with van der Waals surface area (Å²) in [5.41, 5.74) is -0.616. The maximum atomic E-state index is 12.7. The quantitative estimate of drug-likeness (QED) is 0.0631. The SMILES string of the molecule is CCCCCCCCCCCCCCCCCCC(CCCCCCCCCCCCCCCCCC)(CCCCCC(=O)O)C(=O)O. The summed E-state index contributed by atoms with van der Waals surface area (Å²) in [5.74, 6) is -1.36. The Kier molecular flexibility index (Phi) is 36.4. The highest BCUT2D eigenvalue weighted by atomic mass is 16.4. The Labute approximate surface area is 300 Å². The van der Waals surface area contributed by atoms with Crippen molar-refractivity contribution < 1.29 is 19.8 Å². The van der Waals surface area contributed by atoms with Gasteiger partial charge in [0.25, 0.3) is 0 Å². The number of aliphatic carboxylic acids is 2. The highest BCUT2D eigenvalue weighted by molar-refractivity contribution is 5.74. The molecule has 0 bridgehead atoms. The van der Waals surface area contributed by atoms with Gasteiger partial charge in [-0.25, -0.2) is 0 Å². The molecule has 0 aromatic heterocycles. The zero-order valence-electron chi connectivity index (χ0n) is 32.8. The van der Waals surface area contributed by atoms with Crippen LogP contribution in [0.5, 0.6) is 0 Å². The molecule has 2 N–H and O–H groups in total. The molecular weight excluding hydrogens is 592 g/mol. The summed E-state index contributed by atoms with van der Waals surface area (Å²) in [6.45, 7) is 4.56. The van der Waals surface area contributed by atoms with Gasteiger partial charge in [-0.2, -0.15) is 0 Å². The molecule has 0 spiro atoms. The average Bonchev–Trinajstić information content (AvgIpc) is 3.07. The molecule has 0 saturated carbocycles. The Morgan fingerprint density at radius 2 is 0.542 bits per heavy atom. The third-order valence-corrected chi connectivity index (χ3v) is 11.0. The van der Waals surface area contributed by atoms with Crippen molar-refractivity contribution in [1.82, 2.24) is 0 Å². The number of hydrogen-bond acceptors (Lipinski definition) is 2. The van der Waals surface area contributed by atoms with Crippen LogP contribution in [0.4, 0.5) is 0 Å². The zero-order valence-corrected chi connectivity index (χ0v) is 32.8. The van der Waals surface area contributed by atoms with Crippen LogP contribution in [0.15, 0.2) is 0 Å². The summed E-state index contributed by atoms with van der Waals surface area (Å²) in [7, 11) is 0. The van der Waals surface area contributed by atoms with Gasteiger partial charge in [0.05, 0.1) is 5.41 Å². The molecule has 0 aliphatic rings. The number of carboxylic acid groups (broad SMARTS) is 2. The van der Waals surface area contributed by atoms with Crippen LogP contribution in [0.3, 0.4) is 0 Å². The number of carboxylic acids is 2. The second-order valence-corrected chi connectivity index (χ2v) is 15.6. The van der Waals surface area contributed by atoms with Gasteiger partial charge in [-0.15, -0.1) is 0 Å². The van der Waals surface area contributed by atoms with E-state index < -0.39 is 17.4 Å². The van der Waals surface area contributed by atoms with Gasteiger partial charge in [0, 0.05) is 6.42 Å². The van der Waals surface area contributed by atoms with Crippen molar-refractivity contribution in [2.24, 2.45) is 5.41 Å². The summed E-state index contributed by atoms with van der Waals surface area (Å²) < 4.78 is 0. The van der Waals surface area contributed by atoms with Crippen LogP contribution in [0, 0.1) is 5.41 Å². The predicted octanol–water partition coefficient (Wildman–Crippen LogP) is 15.4. The fourth-order valence-corrected chi connectivity index (χ4v) is 7.64. The van der Waals surface area contributed by atoms with Gasteiger partial charge in [-0.1, -0.05) is 232 Å². The maximum absolute atomic E-state index is 12.7. The molecule has 286 valence electrons. The van der Waals surface area contributed by atoms with E-state index in [1.54, 1.807) is 0 Å². The second-order valence-electron chi connectivity index (χ2n) is 15.6. The first-order valence-corrected chi connectivity index (χ1v) is 21.9. The van der Waals surface area contributed by atoms with E-state index >= 15 is 0 Å². The molecule has 0 aliphatic heterocycles. The maximum Gasteiger partial charge on any atom is 0.309 e. The molecule has 0 aliphatic carbocycles. The Balaban J connectivity index is 4.15. The van der Waals surface area contributed by atoms with E-state index in [1.165, 1.54) is 180 Å². The Morgan fingerprint density at radius 3 is 0.750 bits per heavy atom. The first kappa shape index (κ1) is 46.9. The lowest BCUT2D eigenvalue weighted by molar-refractivity contribution is -0.151. The number of unbranched alkanes of at least 4 members (excludes halogenated alkanes) is 32. The molecule has 0 radical (unpaired) electrons. The molecule has 4 heteroatoms. The molecule has 0 rings (SSSR count). The lowest BCUT2D eigenvalue weighted by atomic mass is 9.74. The molecular formula is C44H86O4.